The van der Waals surface area contributed by atoms with Crippen molar-refractivity contribution in [2.24, 2.45) is 29.6 Å². The van der Waals surface area contributed by atoms with Crippen molar-refractivity contribution in [1.29, 1.82) is 0 Å². The highest BCUT2D eigenvalue weighted by Gasteiger charge is 2.39. The molecule has 0 aliphatic heterocycles. The van der Waals surface area contributed by atoms with E-state index in [1.54, 1.807) is 0 Å². The van der Waals surface area contributed by atoms with Crippen molar-refractivity contribution in [1.82, 2.24) is 0 Å². The Balaban J connectivity index is 2.32. The van der Waals surface area contributed by atoms with Gasteiger partial charge in [-0.3, -0.25) is 0 Å². The Morgan fingerprint density at radius 1 is 1.23 bits per heavy atom. The molecule has 78 valence electrons. The lowest BCUT2D eigenvalue weighted by Crippen LogP contribution is -2.18. The standard InChI is InChI=1S/C13H26/c1-6-7-9(2)11(4)12(5)13-8-10(13)3/h9-13H,6-8H2,1-5H3. The van der Waals surface area contributed by atoms with Gasteiger partial charge in [-0.05, 0) is 36.0 Å². The molecule has 0 heterocycles. The lowest BCUT2D eigenvalue weighted by Gasteiger charge is -2.26. The van der Waals surface area contributed by atoms with Crippen LogP contribution in [0, 0.1) is 29.6 Å². The zero-order chi connectivity index (χ0) is 10.0. The molecule has 0 saturated heterocycles. The van der Waals surface area contributed by atoms with Crippen molar-refractivity contribution in [3.05, 3.63) is 0 Å². The second kappa shape index (κ2) is 4.48. The molecule has 0 aromatic carbocycles. The normalized spacial score (nSPS) is 33.9. The molecule has 0 bridgehead atoms. The molecule has 1 saturated carbocycles. The van der Waals surface area contributed by atoms with Crippen LogP contribution in [0.2, 0.25) is 0 Å². The summed E-state index contributed by atoms with van der Waals surface area (Å²) in [6, 6.07) is 0. The molecule has 0 spiro atoms. The molecule has 1 aliphatic rings. The molecule has 5 atom stereocenters. The largest absolute Gasteiger partial charge is 0.0654 e. The van der Waals surface area contributed by atoms with Crippen LogP contribution < -0.4 is 0 Å². The fraction of sp³-hybridized carbons (Fsp3) is 1.00. The SMILES string of the molecule is CCCC(C)C(C)C(C)C1CC1C. The van der Waals surface area contributed by atoms with Gasteiger partial charge in [0, 0.05) is 0 Å². The molecule has 13 heavy (non-hydrogen) atoms. The molecular formula is C13H26. The molecule has 5 unspecified atom stereocenters. The third-order valence-corrected chi connectivity index (χ3v) is 4.32. The molecule has 1 rings (SSSR count). The van der Waals surface area contributed by atoms with E-state index in [2.05, 4.69) is 34.6 Å². The monoisotopic (exact) mass is 182 g/mol. The van der Waals surface area contributed by atoms with Crippen molar-refractivity contribution in [3.8, 4) is 0 Å². The van der Waals surface area contributed by atoms with E-state index in [-0.39, 0.29) is 0 Å². The van der Waals surface area contributed by atoms with Crippen molar-refractivity contribution < 1.29 is 0 Å². The van der Waals surface area contributed by atoms with E-state index < -0.39 is 0 Å². The minimum Gasteiger partial charge on any atom is -0.0654 e. The van der Waals surface area contributed by atoms with Crippen LogP contribution in [0.3, 0.4) is 0 Å². The van der Waals surface area contributed by atoms with E-state index in [1.165, 1.54) is 19.3 Å². The minimum absolute atomic E-state index is 0.924. The van der Waals surface area contributed by atoms with Crippen LogP contribution in [0.5, 0.6) is 0 Å². The second-order valence-electron chi connectivity index (χ2n) is 5.36. The predicted molar refractivity (Wildman–Crippen MR) is 59.7 cm³/mol. The van der Waals surface area contributed by atoms with Gasteiger partial charge in [0.05, 0.1) is 0 Å². The highest BCUT2D eigenvalue weighted by Crippen LogP contribution is 2.47. The van der Waals surface area contributed by atoms with Gasteiger partial charge < -0.3 is 0 Å². The smallest absolute Gasteiger partial charge is 0.0357 e. The van der Waals surface area contributed by atoms with Crippen molar-refractivity contribution in [3.63, 3.8) is 0 Å². The van der Waals surface area contributed by atoms with Crippen LogP contribution >= 0.6 is 0 Å². The maximum absolute atomic E-state index is 2.46. The van der Waals surface area contributed by atoms with Crippen LogP contribution in [-0.4, -0.2) is 0 Å². The molecule has 0 nitrogen and oxygen atoms in total. The molecular weight excluding hydrogens is 156 g/mol. The zero-order valence-corrected chi connectivity index (χ0v) is 10.0. The number of hydrogen-bond acceptors (Lipinski definition) is 0. The maximum atomic E-state index is 2.46. The molecule has 0 heteroatoms. The first-order chi connectivity index (χ1) is 6.07. The van der Waals surface area contributed by atoms with Crippen molar-refractivity contribution in [2.75, 3.05) is 0 Å². The summed E-state index contributed by atoms with van der Waals surface area (Å²) in [6.07, 6.45) is 4.25. The lowest BCUT2D eigenvalue weighted by atomic mass is 9.80. The number of hydrogen-bond donors (Lipinski definition) is 0. The summed E-state index contributed by atoms with van der Waals surface area (Å²) in [6.45, 7) is 12.0. The van der Waals surface area contributed by atoms with Gasteiger partial charge in [0.15, 0.2) is 0 Å². The first-order valence-electron chi connectivity index (χ1n) is 6.07. The maximum Gasteiger partial charge on any atom is -0.0357 e. The Labute approximate surface area is 84.1 Å². The topological polar surface area (TPSA) is 0 Å². The molecule has 0 aromatic rings. The fourth-order valence-corrected chi connectivity index (χ4v) is 2.71. The summed E-state index contributed by atoms with van der Waals surface area (Å²) in [7, 11) is 0. The van der Waals surface area contributed by atoms with Gasteiger partial charge in [-0.1, -0.05) is 47.5 Å². The lowest BCUT2D eigenvalue weighted by molar-refractivity contribution is 0.235. The average Bonchev–Trinajstić information content (AvgIpc) is 2.80. The molecule has 1 fully saturated rings. The van der Waals surface area contributed by atoms with Crippen LogP contribution in [0.1, 0.15) is 53.9 Å². The Hall–Kier alpha value is 0. The van der Waals surface area contributed by atoms with Gasteiger partial charge >= 0.3 is 0 Å². The summed E-state index contributed by atoms with van der Waals surface area (Å²) in [4.78, 5) is 0. The van der Waals surface area contributed by atoms with Crippen LogP contribution in [0.15, 0.2) is 0 Å². The van der Waals surface area contributed by atoms with Crippen LogP contribution in [0.25, 0.3) is 0 Å². The van der Waals surface area contributed by atoms with Crippen molar-refractivity contribution in [2.45, 2.75) is 53.9 Å². The van der Waals surface area contributed by atoms with Gasteiger partial charge in [-0.15, -0.1) is 0 Å². The van der Waals surface area contributed by atoms with E-state index in [0.29, 0.717) is 0 Å². The van der Waals surface area contributed by atoms with Crippen molar-refractivity contribution >= 4 is 0 Å². The molecule has 1 aliphatic carbocycles. The average molecular weight is 182 g/mol. The summed E-state index contributed by atoms with van der Waals surface area (Å²) >= 11 is 0. The molecule has 0 radical (unpaired) electrons. The fourth-order valence-electron chi connectivity index (χ4n) is 2.71. The van der Waals surface area contributed by atoms with Gasteiger partial charge in [0.1, 0.15) is 0 Å². The second-order valence-corrected chi connectivity index (χ2v) is 5.36. The zero-order valence-electron chi connectivity index (χ0n) is 10.0. The minimum atomic E-state index is 0.924. The summed E-state index contributed by atoms with van der Waals surface area (Å²) in [5.74, 6) is 4.87. The Kier molecular flexibility index (Phi) is 3.82. The van der Waals surface area contributed by atoms with Crippen LogP contribution in [-0.2, 0) is 0 Å². The first kappa shape index (κ1) is 11.1. The Morgan fingerprint density at radius 2 is 1.77 bits per heavy atom. The Bertz CT molecular complexity index is 150. The third-order valence-electron chi connectivity index (χ3n) is 4.32. The van der Waals surface area contributed by atoms with E-state index in [4.69, 9.17) is 0 Å². The number of rotatable bonds is 5. The van der Waals surface area contributed by atoms with E-state index in [1.807, 2.05) is 0 Å². The third kappa shape index (κ3) is 2.72. The summed E-state index contributed by atoms with van der Waals surface area (Å²) in [5, 5.41) is 0. The highest BCUT2D eigenvalue weighted by atomic mass is 14.4. The van der Waals surface area contributed by atoms with E-state index in [0.717, 1.165) is 29.6 Å². The van der Waals surface area contributed by atoms with E-state index >= 15 is 0 Å². The van der Waals surface area contributed by atoms with Crippen LogP contribution in [0.4, 0.5) is 0 Å². The van der Waals surface area contributed by atoms with Gasteiger partial charge in [0.25, 0.3) is 0 Å². The molecule has 0 amide bonds. The summed E-state index contributed by atoms with van der Waals surface area (Å²) < 4.78 is 0. The quantitative estimate of drug-likeness (QED) is 0.593. The molecule has 0 N–H and O–H groups in total. The van der Waals surface area contributed by atoms with Gasteiger partial charge in [0.2, 0.25) is 0 Å². The highest BCUT2D eigenvalue weighted by molar-refractivity contribution is 4.89. The predicted octanol–water partition coefficient (Wildman–Crippen LogP) is 4.35. The van der Waals surface area contributed by atoms with Gasteiger partial charge in [-0.25, -0.2) is 0 Å². The van der Waals surface area contributed by atoms with Gasteiger partial charge in [-0.2, -0.15) is 0 Å². The molecule has 0 aromatic heterocycles. The first-order valence-corrected chi connectivity index (χ1v) is 6.07. The van der Waals surface area contributed by atoms with E-state index in [9.17, 15) is 0 Å². The summed E-state index contributed by atoms with van der Waals surface area (Å²) in [5.41, 5.74) is 0. The Morgan fingerprint density at radius 3 is 2.15 bits per heavy atom.